The van der Waals surface area contributed by atoms with Crippen molar-refractivity contribution in [1.29, 1.82) is 0 Å². The van der Waals surface area contributed by atoms with E-state index in [0.717, 1.165) is 25.7 Å². The van der Waals surface area contributed by atoms with Gasteiger partial charge in [-0.15, -0.1) is 0 Å². The number of carbonyl (C=O) groups is 1. The second-order valence-corrected chi connectivity index (χ2v) is 7.74. The molecule has 0 bridgehead atoms. The minimum absolute atomic E-state index is 0. The number of aliphatic hydroxyl groups excluding tert-OH is 2. The summed E-state index contributed by atoms with van der Waals surface area (Å²) in [6.07, 6.45) is 19.2. The van der Waals surface area contributed by atoms with Gasteiger partial charge in [0.25, 0.3) is 0 Å². The average molecular weight is 671 g/mol. The third kappa shape index (κ3) is 38.2. The first-order valence-corrected chi connectivity index (χ1v) is 11.4. The Kier molecular flexibility index (Phi) is 47.4. The average Bonchev–Trinajstić information content (AvgIpc) is 2.69. The first-order valence-electron chi connectivity index (χ1n) is 11.4. The molecule has 0 amide bonds. The van der Waals surface area contributed by atoms with E-state index < -0.39 is 5.97 Å². The standard InChI is InChI=1S/C14H28O2.C6H14N2.C2H6O2.2ClH.Pt/c1-2-3-4-5-6-7-8-9-10-11-12-13-14(15)16;7-5-3-1-2-4-6(5)8;3-1-2-4;;;/h2-13H2,1H3,(H,15,16);5-6H,1-4,7-8H2;3-4H,1-2H2;2*1H;/q;;;;;+4/p-2/t;5-,6-;;;;/m.1..../s1. The fraction of sp³-hybridized carbons (Fsp3) is 0.955. The van der Waals surface area contributed by atoms with Crippen LogP contribution in [0.4, 0.5) is 0 Å². The van der Waals surface area contributed by atoms with Crippen molar-refractivity contribution in [2.75, 3.05) is 13.2 Å². The van der Waals surface area contributed by atoms with Gasteiger partial charge in [-0.3, -0.25) is 4.79 Å². The van der Waals surface area contributed by atoms with Gasteiger partial charge < -0.3 is 51.6 Å². The van der Waals surface area contributed by atoms with E-state index in [2.05, 4.69) is 6.92 Å². The van der Waals surface area contributed by atoms with Gasteiger partial charge in [-0.25, -0.2) is 0 Å². The molecule has 1 rings (SSSR count). The molecule has 0 unspecified atom stereocenters. The molecular formula is C22H48Cl2N2O4Pt+2. The van der Waals surface area contributed by atoms with Crippen LogP contribution in [0.15, 0.2) is 0 Å². The zero-order chi connectivity index (χ0) is 21.5. The number of halogens is 2. The third-order valence-corrected chi connectivity index (χ3v) is 4.97. The molecule has 0 heterocycles. The van der Waals surface area contributed by atoms with E-state index in [9.17, 15) is 4.79 Å². The Morgan fingerprint density at radius 3 is 1.32 bits per heavy atom. The Balaban J connectivity index is -0.000000126. The molecule has 9 heteroatoms. The van der Waals surface area contributed by atoms with Crippen LogP contribution in [0, 0.1) is 0 Å². The van der Waals surface area contributed by atoms with Crippen molar-refractivity contribution in [3.63, 3.8) is 0 Å². The van der Waals surface area contributed by atoms with Crippen molar-refractivity contribution in [2.45, 2.75) is 122 Å². The summed E-state index contributed by atoms with van der Waals surface area (Å²) in [5.41, 5.74) is 11.3. The molecule has 1 saturated carbocycles. The smallest absolute Gasteiger partial charge is 1.00 e. The van der Waals surface area contributed by atoms with Gasteiger partial charge >= 0.3 is 27.0 Å². The molecule has 1 fully saturated rings. The summed E-state index contributed by atoms with van der Waals surface area (Å²) in [5.74, 6) is -0.657. The van der Waals surface area contributed by atoms with Gasteiger partial charge in [0.1, 0.15) is 0 Å². The molecule has 0 aromatic rings. The van der Waals surface area contributed by atoms with Crippen molar-refractivity contribution in [1.82, 2.24) is 0 Å². The van der Waals surface area contributed by atoms with Gasteiger partial charge in [0, 0.05) is 18.5 Å². The summed E-state index contributed by atoms with van der Waals surface area (Å²) < 4.78 is 0. The van der Waals surface area contributed by atoms with Crippen molar-refractivity contribution < 1.29 is 66.0 Å². The van der Waals surface area contributed by atoms with Crippen molar-refractivity contribution in [2.24, 2.45) is 11.5 Å². The molecule has 6 nitrogen and oxygen atoms in total. The quantitative estimate of drug-likeness (QED) is 0.144. The van der Waals surface area contributed by atoms with Crippen molar-refractivity contribution in [3.8, 4) is 0 Å². The number of hydrogen-bond donors (Lipinski definition) is 5. The van der Waals surface area contributed by atoms with Crippen LogP contribution in [0.25, 0.3) is 0 Å². The second kappa shape index (κ2) is 35.2. The van der Waals surface area contributed by atoms with Crippen LogP contribution >= 0.6 is 0 Å². The summed E-state index contributed by atoms with van der Waals surface area (Å²) in [4.78, 5) is 10.3. The molecular weight excluding hydrogens is 622 g/mol. The monoisotopic (exact) mass is 669 g/mol. The van der Waals surface area contributed by atoms with Gasteiger partial charge in [0.15, 0.2) is 0 Å². The van der Waals surface area contributed by atoms with Crippen LogP contribution < -0.4 is 36.3 Å². The van der Waals surface area contributed by atoms with Crippen molar-refractivity contribution in [3.05, 3.63) is 0 Å². The largest absolute Gasteiger partial charge is 4.00 e. The molecule has 0 aromatic carbocycles. The van der Waals surface area contributed by atoms with Crippen LogP contribution in [0.3, 0.4) is 0 Å². The van der Waals surface area contributed by atoms with Gasteiger partial charge in [0.2, 0.25) is 0 Å². The van der Waals surface area contributed by atoms with Crippen LogP contribution in [0.5, 0.6) is 0 Å². The van der Waals surface area contributed by atoms with E-state index in [1.807, 2.05) is 0 Å². The summed E-state index contributed by atoms with van der Waals surface area (Å²) in [5, 5.41) is 23.7. The van der Waals surface area contributed by atoms with Gasteiger partial charge in [-0.05, 0) is 19.3 Å². The van der Waals surface area contributed by atoms with E-state index >= 15 is 0 Å². The number of unbranched alkanes of at least 4 members (excludes halogenated alkanes) is 10. The molecule has 0 aromatic heterocycles. The molecule has 0 spiro atoms. The summed E-state index contributed by atoms with van der Waals surface area (Å²) in [6, 6.07) is 0.562. The van der Waals surface area contributed by atoms with Gasteiger partial charge in [-0.1, -0.05) is 84.0 Å². The molecule has 2 atom stereocenters. The topological polar surface area (TPSA) is 130 Å². The minimum Gasteiger partial charge on any atom is -1.00 e. The van der Waals surface area contributed by atoms with Crippen LogP contribution in [-0.2, 0) is 25.9 Å². The molecule has 192 valence electrons. The molecule has 0 aliphatic heterocycles. The number of hydrogen-bond acceptors (Lipinski definition) is 5. The molecule has 0 radical (unpaired) electrons. The molecule has 7 N–H and O–H groups in total. The predicted octanol–water partition coefficient (Wildman–Crippen LogP) is -2.04. The van der Waals surface area contributed by atoms with E-state index in [1.54, 1.807) is 0 Å². The first kappa shape index (κ1) is 41.8. The number of aliphatic hydroxyl groups is 2. The number of rotatable bonds is 13. The minimum atomic E-state index is -0.657. The van der Waals surface area contributed by atoms with E-state index in [0.29, 0.717) is 6.42 Å². The zero-order valence-corrected chi connectivity index (χ0v) is 23.1. The normalized spacial score (nSPS) is 16.7. The molecule has 31 heavy (non-hydrogen) atoms. The summed E-state index contributed by atoms with van der Waals surface area (Å²) >= 11 is 0. The van der Waals surface area contributed by atoms with E-state index in [-0.39, 0.29) is 71.2 Å². The number of aliphatic carboxylic acids is 1. The maximum Gasteiger partial charge on any atom is 4.00 e. The number of carboxylic acids is 1. The Morgan fingerprint density at radius 2 is 1.06 bits per heavy atom. The van der Waals surface area contributed by atoms with E-state index in [4.69, 9.17) is 26.8 Å². The van der Waals surface area contributed by atoms with Crippen molar-refractivity contribution >= 4 is 5.97 Å². The van der Waals surface area contributed by atoms with Crippen LogP contribution in [0.2, 0.25) is 0 Å². The third-order valence-electron chi connectivity index (χ3n) is 4.97. The summed E-state index contributed by atoms with van der Waals surface area (Å²) in [6.45, 7) is 2.00. The number of nitrogens with two attached hydrogens (primary N) is 2. The SMILES string of the molecule is CCCCCCCCCCCCCC(=O)O.N[C@@H]1CCCC[C@H]1N.OCCO.[Cl-].[Cl-].[Pt+4]. The Hall–Kier alpha value is 0.578. The van der Waals surface area contributed by atoms with Crippen LogP contribution in [0.1, 0.15) is 110 Å². The fourth-order valence-electron chi connectivity index (χ4n) is 3.13. The molecule has 0 saturated heterocycles. The molecule has 1 aliphatic carbocycles. The second-order valence-electron chi connectivity index (χ2n) is 7.74. The Bertz CT molecular complexity index is 322. The maximum atomic E-state index is 10.3. The Morgan fingerprint density at radius 1 is 0.742 bits per heavy atom. The predicted molar refractivity (Wildman–Crippen MR) is 117 cm³/mol. The number of carboxylic acid groups (broad SMARTS) is 1. The maximum absolute atomic E-state index is 10.3. The zero-order valence-electron chi connectivity index (χ0n) is 19.4. The first-order chi connectivity index (χ1) is 13.5. The van der Waals surface area contributed by atoms with Gasteiger partial charge in [-0.2, -0.15) is 0 Å². The Labute approximate surface area is 217 Å². The molecule has 1 aliphatic rings. The van der Waals surface area contributed by atoms with Crippen LogP contribution in [-0.4, -0.2) is 46.6 Å². The van der Waals surface area contributed by atoms with Gasteiger partial charge in [0.05, 0.1) is 13.2 Å². The fourth-order valence-corrected chi connectivity index (χ4v) is 3.13. The summed E-state index contributed by atoms with van der Waals surface area (Å²) in [7, 11) is 0. The van der Waals surface area contributed by atoms with E-state index in [1.165, 1.54) is 70.6 Å².